The van der Waals surface area contributed by atoms with Crippen molar-refractivity contribution >= 4 is 23.1 Å². The van der Waals surface area contributed by atoms with Crippen LogP contribution in [0.1, 0.15) is 50.4 Å². The van der Waals surface area contributed by atoms with Gasteiger partial charge in [0.1, 0.15) is 17.3 Å². The molecule has 1 unspecified atom stereocenters. The summed E-state index contributed by atoms with van der Waals surface area (Å²) in [5.41, 5.74) is 1.76. The van der Waals surface area contributed by atoms with Gasteiger partial charge in [-0.05, 0) is 81.8 Å². The summed E-state index contributed by atoms with van der Waals surface area (Å²) in [6.07, 6.45) is -0.160. The quantitative estimate of drug-likeness (QED) is 0.254. The standard InChI is InChI=1S/C30H28N2O5/c1-18(2)36-24-9-5-7-21(15-24)27-26(28(33)22-8-6-10-25(16-22)37-19(3)4)29(34)30(35)32(27)23-13-11-20(17-31)12-14-23/h5-16,18-19,27,33H,1-4H3/b28-26-. The van der Waals surface area contributed by atoms with E-state index in [0.29, 0.717) is 33.9 Å². The average Bonchev–Trinajstić information content (AvgIpc) is 3.13. The fourth-order valence-electron chi connectivity index (χ4n) is 4.29. The molecule has 3 aromatic carbocycles. The topological polar surface area (TPSA) is 99.9 Å². The van der Waals surface area contributed by atoms with Gasteiger partial charge in [-0.15, -0.1) is 0 Å². The zero-order valence-corrected chi connectivity index (χ0v) is 21.1. The molecule has 0 radical (unpaired) electrons. The third-order valence-electron chi connectivity index (χ3n) is 5.74. The van der Waals surface area contributed by atoms with Crippen LogP contribution in [0.4, 0.5) is 5.69 Å². The molecule has 3 aromatic rings. The van der Waals surface area contributed by atoms with Crippen LogP contribution in [-0.2, 0) is 9.59 Å². The molecule has 37 heavy (non-hydrogen) atoms. The van der Waals surface area contributed by atoms with Gasteiger partial charge in [0, 0.05) is 11.3 Å². The number of nitrogens with zero attached hydrogens (tertiary/aromatic N) is 2. The van der Waals surface area contributed by atoms with E-state index in [1.165, 1.54) is 4.90 Å². The smallest absolute Gasteiger partial charge is 0.300 e. The fraction of sp³-hybridized carbons (Fsp3) is 0.233. The highest BCUT2D eigenvalue weighted by Crippen LogP contribution is 2.43. The predicted octanol–water partition coefficient (Wildman–Crippen LogP) is 5.76. The molecule has 0 saturated carbocycles. The van der Waals surface area contributed by atoms with Crippen molar-refractivity contribution in [2.45, 2.75) is 45.9 Å². The molecule has 0 aromatic heterocycles. The first-order valence-electron chi connectivity index (χ1n) is 12.0. The number of Topliss-reactive ketones (excluding diaryl/α,β-unsaturated/α-hetero) is 1. The van der Waals surface area contributed by atoms with E-state index in [-0.39, 0.29) is 23.5 Å². The Morgan fingerprint density at radius 2 is 1.49 bits per heavy atom. The molecule has 1 heterocycles. The number of ether oxygens (including phenoxy) is 2. The van der Waals surface area contributed by atoms with Crippen molar-refractivity contribution in [1.82, 2.24) is 0 Å². The third-order valence-corrected chi connectivity index (χ3v) is 5.74. The first-order chi connectivity index (χ1) is 17.7. The second-order valence-corrected chi connectivity index (χ2v) is 9.26. The summed E-state index contributed by atoms with van der Waals surface area (Å²) in [7, 11) is 0. The number of aliphatic hydroxyl groups excluding tert-OH is 1. The van der Waals surface area contributed by atoms with E-state index in [9.17, 15) is 20.0 Å². The maximum absolute atomic E-state index is 13.4. The van der Waals surface area contributed by atoms with Gasteiger partial charge >= 0.3 is 0 Å². The number of carbonyl (C=O) groups excluding carboxylic acids is 2. The molecule has 1 aliphatic rings. The summed E-state index contributed by atoms with van der Waals surface area (Å²) < 4.78 is 11.6. The molecule has 1 fully saturated rings. The van der Waals surface area contributed by atoms with Crippen LogP contribution in [0.15, 0.2) is 78.4 Å². The van der Waals surface area contributed by atoms with E-state index < -0.39 is 17.7 Å². The van der Waals surface area contributed by atoms with Gasteiger partial charge in [0.2, 0.25) is 0 Å². The van der Waals surface area contributed by atoms with Crippen molar-refractivity contribution in [3.05, 3.63) is 95.1 Å². The van der Waals surface area contributed by atoms with Gasteiger partial charge < -0.3 is 14.6 Å². The maximum Gasteiger partial charge on any atom is 0.300 e. The lowest BCUT2D eigenvalue weighted by atomic mass is 9.95. The van der Waals surface area contributed by atoms with Crippen LogP contribution in [0, 0.1) is 11.3 Å². The summed E-state index contributed by atoms with van der Waals surface area (Å²) in [5.74, 6) is -0.781. The minimum absolute atomic E-state index is 0.0437. The zero-order chi connectivity index (χ0) is 26.7. The molecule has 7 nitrogen and oxygen atoms in total. The first-order valence-corrected chi connectivity index (χ1v) is 12.0. The van der Waals surface area contributed by atoms with Crippen LogP contribution in [-0.4, -0.2) is 29.0 Å². The van der Waals surface area contributed by atoms with Crippen LogP contribution in [0.25, 0.3) is 5.76 Å². The lowest BCUT2D eigenvalue weighted by molar-refractivity contribution is -0.132. The Morgan fingerprint density at radius 1 is 0.892 bits per heavy atom. The fourth-order valence-corrected chi connectivity index (χ4v) is 4.29. The molecule has 1 N–H and O–H groups in total. The van der Waals surface area contributed by atoms with Crippen molar-refractivity contribution in [2.75, 3.05) is 4.90 Å². The Labute approximate surface area is 216 Å². The lowest BCUT2D eigenvalue weighted by Gasteiger charge is -2.26. The Hall–Kier alpha value is -4.57. The number of benzene rings is 3. The van der Waals surface area contributed by atoms with E-state index in [1.54, 1.807) is 72.8 Å². The number of amides is 1. The molecule has 1 atom stereocenters. The van der Waals surface area contributed by atoms with E-state index in [1.807, 2.05) is 27.7 Å². The van der Waals surface area contributed by atoms with Gasteiger partial charge in [0.05, 0.1) is 35.5 Å². The first kappa shape index (κ1) is 25.5. The number of aliphatic hydroxyl groups is 1. The number of rotatable bonds is 7. The minimum atomic E-state index is -0.918. The normalized spacial score (nSPS) is 16.8. The van der Waals surface area contributed by atoms with E-state index in [2.05, 4.69) is 6.07 Å². The Balaban J connectivity index is 1.90. The Bertz CT molecular complexity index is 1400. The van der Waals surface area contributed by atoms with Crippen LogP contribution in [0.2, 0.25) is 0 Å². The third kappa shape index (κ3) is 5.34. The van der Waals surface area contributed by atoms with Crippen LogP contribution in [0.5, 0.6) is 11.5 Å². The molecular weight excluding hydrogens is 468 g/mol. The molecule has 1 saturated heterocycles. The second kappa shape index (κ2) is 10.6. The minimum Gasteiger partial charge on any atom is -0.507 e. The van der Waals surface area contributed by atoms with E-state index in [0.717, 1.165) is 0 Å². The van der Waals surface area contributed by atoms with E-state index in [4.69, 9.17) is 9.47 Å². The number of nitriles is 1. The van der Waals surface area contributed by atoms with Gasteiger partial charge in [0.15, 0.2) is 0 Å². The number of carbonyl (C=O) groups is 2. The SMILES string of the molecule is CC(C)Oc1cccc(/C(O)=C2/C(=O)C(=O)N(c3ccc(C#N)cc3)C2c2cccc(OC(C)C)c2)c1. The summed E-state index contributed by atoms with van der Waals surface area (Å²) in [4.78, 5) is 28.1. The van der Waals surface area contributed by atoms with Crippen molar-refractivity contribution in [3.63, 3.8) is 0 Å². The second-order valence-electron chi connectivity index (χ2n) is 9.26. The average molecular weight is 497 g/mol. The summed E-state index contributed by atoms with van der Waals surface area (Å²) in [6.45, 7) is 7.59. The summed E-state index contributed by atoms with van der Waals surface area (Å²) in [6, 6.07) is 21.4. The van der Waals surface area contributed by atoms with Gasteiger partial charge in [0.25, 0.3) is 11.7 Å². The Morgan fingerprint density at radius 3 is 2.08 bits per heavy atom. The number of anilines is 1. The Kier molecular flexibility index (Phi) is 7.30. The number of ketones is 1. The summed E-state index contributed by atoms with van der Waals surface area (Å²) >= 11 is 0. The molecule has 0 aliphatic carbocycles. The van der Waals surface area contributed by atoms with Crippen molar-refractivity contribution < 1.29 is 24.2 Å². The maximum atomic E-state index is 13.4. The molecule has 0 spiro atoms. The van der Waals surface area contributed by atoms with Crippen LogP contribution >= 0.6 is 0 Å². The highest BCUT2D eigenvalue weighted by Gasteiger charge is 2.47. The number of hydrogen-bond acceptors (Lipinski definition) is 6. The van der Waals surface area contributed by atoms with Gasteiger partial charge in [-0.2, -0.15) is 5.26 Å². The van der Waals surface area contributed by atoms with Crippen molar-refractivity contribution in [3.8, 4) is 17.6 Å². The van der Waals surface area contributed by atoms with Gasteiger partial charge in [-0.1, -0.05) is 24.3 Å². The lowest BCUT2D eigenvalue weighted by Crippen LogP contribution is -2.29. The highest BCUT2D eigenvalue weighted by atomic mass is 16.5. The molecule has 188 valence electrons. The monoisotopic (exact) mass is 496 g/mol. The van der Waals surface area contributed by atoms with Gasteiger partial charge in [-0.3, -0.25) is 14.5 Å². The van der Waals surface area contributed by atoms with Gasteiger partial charge in [-0.25, -0.2) is 0 Å². The van der Waals surface area contributed by atoms with Crippen LogP contribution in [0.3, 0.4) is 0 Å². The number of hydrogen-bond donors (Lipinski definition) is 1. The summed E-state index contributed by atoms with van der Waals surface area (Å²) in [5, 5.41) is 20.6. The van der Waals surface area contributed by atoms with Crippen molar-refractivity contribution in [1.29, 1.82) is 5.26 Å². The predicted molar refractivity (Wildman–Crippen MR) is 140 cm³/mol. The van der Waals surface area contributed by atoms with E-state index >= 15 is 0 Å². The highest BCUT2D eigenvalue weighted by molar-refractivity contribution is 6.51. The molecule has 1 amide bonds. The van der Waals surface area contributed by atoms with Crippen molar-refractivity contribution in [2.24, 2.45) is 0 Å². The molecule has 1 aliphatic heterocycles. The van der Waals surface area contributed by atoms with Crippen LogP contribution < -0.4 is 14.4 Å². The molecule has 4 rings (SSSR count). The molecule has 7 heteroatoms. The zero-order valence-electron chi connectivity index (χ0n) is 21.1. The molecule has 0 bridgehead atoms. The largest absolute Gasteiger partial charge is 0.507 e. The molecular formula is C30H28N2O5.